The smallest absolute Gasteiger partial charge is 0.261 e. The van der Waals surface area contributed by atoms with Crippen molar-refractivity contribution >= 4 is 39.3 Å². The van der Waals surface area contributed by atoms with Gasteiger partial charge in [0.05, 0.1) is 0 Å². The monoisotopic (exact) mass is 480 g/mol. The summed E-state index contributed by atoms with van der Waals surface area (Å²) in [4.78, 5) is 27.0. The fraction of sp³-hybridized carbons (Fsp3) is 0.364. The number of halogens is 2. The average Bonchev–Trinajstić information content (AvgIpc) is 2.71. The molecule has 0 aliphatic carbocycles. The van der Waals surface area contributed by atoms with E-state index < -0.39 is 6.04 Å². The summed E-state index contributed by atoms with van der Waals surface area (Å²) >= 11 is 9.37. The van der Waals surface area contributed by atoms with Gasteiger partial charge in [0.1, 0.15) is 11.8 Å². The van der Waals surface area contributed by atoms with Crippen LogP contribution in [0.4, 0.5) is 0 Å². The molecule has 7 heteroatoms. The zero-order chi connectivity index (χ0) is 21.2. The van der Waals surface area contributed by atoms with Crippen LogP contribution in [-0.2, 0) is 16.1 Å². The topological polar surface area (TPSA) is 58.6 Å². The van der Waals surface area contributed by atoms with E-state index in [-0.39, 0.29) is 18.4 Å². The lowest BCUT2D eigenvalue weighted by molar-refractivity contribution is -0.142. The van der Waals surface area contributed by atoms with Gasteiger partial charge in [-0.3, -0.25) is 9.59 Å². The molecule has 2 aromatic carbocycles. The predicted molar refractivity (Wildman–Crippen MR) is 119 cm³/mol. The van der Waals surface area contributed by atoms with Gasteiger partial charge in [-0.1, -0.05) is 59.1 Å². The Morgan fingerprint density at radius 3 is 2.59 bits per heavy atom. The first kappa shape index (κ1) is 23.2. The minimum Gasteiger partial charge on any atom is -0.484 e. The Morgan fingerprint density at radius 1 is 1.21 bits per heavy atom. The lowest BCUT2D eigenvalue weighted by Crippen LogP contribution is -2.49. The number of hydrogen-bond acceptors (Lipinski definition) is 3. The normalized spacial score (nSPS) is 11.6. The lowest BCUT2D eigenvalue weighted by Gasteiger charge is -2.28. The fourth-order valence-electron chi connectivity index (χ4n) is 2.69. The first-order chi connectivity index (χ1) is 13.9. The van der Waals surface area contributed by atoms with Crippen molar-refractivity contribution in [3.05, 3.63) is 63.6 Å². The molecule has 0 spiro atoms. The van der Waals surface area contributed by atoms with Gasteiger partial charge in [-0.15, -0.1) is 0 Å². The van der Waals surface area contributed by atoms with Crippen molar-refractivity contribution in [2.75, 3.05) is 13.2 Å². The van der Waals surface area contributed by atoms with E-state index >= 15 is 0 Å². The number of hydrogen-bond donors (Lipinski definition) is 1. The highest BCUT2D eigenvalue weighted by atomic mass is 79.9. The molecule has 0 bridgehead atoms. The highest BCUT2D eigenvalue weighted by molar-refractivity contribution is 9.10. The van der Waals surface area contributed by atoms with Crippen molar-refractivity contribution < 1.29 is 14.3 Å². The molecule has 5 nitrogen and oxygen atoms in total. The number of nitrogens with zero attached hydrogens (tertiary/aromatic N) is 1. The maximum Gasteiger partial charge on any atom is 0.261 e. The van der Waals surface area contributed by atoms with E-state index in [9.17, 15) is 9.59 Å². The fourth-order valence-corrected chi connectivity index (χ4v) is 3.13. The third-order valence-electron chi connectivity index (χ3n) is 4.42. The number of carbonyl (C=O) groups is 2. The van der Waals surface area contributed by atoms with Gasteiger partial charge >= 0.3 is 0 Å². The van der Waals surface area contributed by atoms with Crippen molar-refractivity contribution in [1.82, 2.24) is 10.2 Å². The van der Waals surface area contributed by atoms with Crippen molar-refractivity contribution in [2.24, 2.45) is 0 Å². The maximum absolute atomic E-state index is 12.9. The van der Waals surface area contributed by atoms with Crippen LogP contribution in [0.5, 0.6) is 5.75 Å². The van der Waals surface area contributed by atoms with E-state index in [1.54, 1.807) is 31.2 Å². The molecule has 0 aliphatic rings. The van der Waals surface area contributed by atoms with Crippen molar-refractivity contribution in [3.8, 4) is 5.75 Å². The van der Waals surface area contributed by atoms with Crippen molar-refractivity contribution in [2.45, 2.75) is 39.3 Å². The average molecular weight is 482 g/mol. The van der Waals surface area contributed by atoms with Crippen molar-refractivity contribution in [3.63, 3.8) is 0 Å². The standard InChI is InChI=1S/C22H26BrClN2O3/c1-3-4-12-25-22(28)16(2)26(14-17-8-10-18(23)11-9-17)21(27)15-29-20-7-5-6-19(24)13-20/h5-11,13,16H,3-4,12,14-15H2,1-2H3,(H,25,28). The van der Waals surface area contributed by atoms with Crippen LogP contribution in [0, 0.1) is 0 Å². The molecule has 2 rings (SSSR count). The van der Waals surface area contributed by atoms with Gasteiger partial charge in [0.25, 0.3) is 5.91 Å². The van der Waals surface area contributed by atoms with E-state index in [0.29, 0.717) is 23.9 Å². The molecule has 156 valence electrons. The van der Waals surface area contributed by atoms with Crippen LogP contribution >= 0.6 is 27.5 Å². The number of carbonyl (C=O) groups excluding carboxylic acids is 2. The molecule has 0 heterocycles. The summed E-state index contributed by atoms with van der Waals surface area (Å²) in [5.74, 6) is 0.0622. The highest BCUT2D eigenvalue weighted by Crippen LogP contribution is 2.18. The summed E-state index contributed by atoms with van der Waals surface area (Å²) in [5.41, 5.74) is 0.928. The Balaban J connectivity index is 2.10. The largest absolute Gasteiger partial charge is 0.484 e. The minimum absolute atomic E-state index is 0.174. The number of rotatable bonds is 10. The number of nitrogens with one attached hydrogen (secondary N) is 1. The molecule has 0 aromatic heterocycles. The van der Waals surface area contributed by atoms with Gasteiger partial charge in [0, 0.05) is 22.6 Å². The van der Waals surface area contributed by atoms with Crippen LogP contribution in [0.2, 0.25) is 5.02 Å². The van der Waals surface area contributed by atoms with Gasteiger partial charge in [0.15, 0.2) is 6.61 Å². The van der Waals surface area contributed by atoms with Crippen LogP contribution < -0.4 is 10.1 Å². The van der Waals surface area contributed by atoms with Crippen LogP contribution in [0.15, 0.2) is 53.0 Å². The molecule has 0 radical (unpaired) electrons. The summed E-state index contributed by atoms with van der Waals surface area (Å²) in [5, 5.41) is 3.43. The molecule has 2 aromatic rings. The third-order valence-corrected chi connectivity index (χ3v) is 5.19. The minimum atomic E-state index is -0.619. The molecule has 2 amide bonds. The summed E-state index contributed by atoms with van der Waals surface area (Å²) < 4.78 is 6.55. The highest BCUT2D eigenvalue weighted by Gasteiger charge is 2.26. The number of amides is 2. The second kappa shape index (κ2) is 11.8. The van der Waals surface area contributed by atoms with Crippen LogP contribution in [0.25, 0.3) is 0 Å². The Morgan fingerprint density at radius 2 is 1.93 bits per heavy atom. The molecule has 1 N–H and O–H groups in total. The predicted octanol–water partition coefficient (Wildman–Crippen LogP) is 4.81. The third kappa shape index (κ3) is 7.71. The van der Waals surface area contributed by atoms with E-state index in [2.05, 4.69) is 28.2 Å². The number of unbranched alkanes of at least 4 members (excludes halogenated alkanes) is 1. The molecule has 0 fully saturated rings. The molecular weight excluding hydrogens is 456 g/mol. The summed E-state index contributed by atoms with van der Waals surface area (Å²) in [6.45, 7) is 4.53. The Hall–Kier alpha value is -2.05. The molecule has 1 unspecified atom stereocenters. The van der Waals surface area contributed by atoms with Crippen molar-refractivity contribution in [1.29, 1.82) is 0 Å². The van der Waals surface area contributed by atoms with Gasteiger partial charge < -0.3 is 15.0 Å². The van der Waals surface area contributed by atoms with E-state index in [1.165, 1.54) is 4.90 Å². The second-order valence-corrected chi connectivity index (χ2v) is 8.07. The van der Waals surface area contributed by atoms with E-state index in [1.807, 2.05) is 24.3 Å². The van der Waals surface area contributed by atoms with Gasteiger partial charge in [-0.05, 0) is 49.2 Å². The summed E-state index contributed by atoms with van der Waals surface area (Å²) in [6, 6.07) is 13.9. The summed E-state index contributed by atoms with van der Waals surface area (Å²) in [7, 11) is 0. The first-order valence-corrected chi connectivity index (χ1v) is 10.8. The van der Waals surface area contributed by atoms with Crippen LogP contribution in [0.1, 0.15) is 32.3 Å². The number of ether oxygens (including phenoxy) is 1. The van der Waals surface area contributed by atoms with Crippen LogP contribution in [0.3, 0.4) is 0 Å². The molecule has 0 saturated carbocycles. The second-order valence-electron chi connectivity index (χ2n) is 6.71. The molecule has 1 atom stereocenters. The van der Waals surface area contributed by atoms with E-state index in [0.717, 1.165) is 22.9 Å². The van der Waals surface area contributed by atoms with Gasteiger partial charge in [-0.25, -0.2) is 0 Å². The molecule has 0 aliphatic heterocycles. The Kier molecular flexibility index (Phi) is 9.48. The SMILES string of the molecule is CCCCNC(=O)C(C)N(Cc1ccc(Br)cc1)C(=O)COc1cccc(Cl)c1. The molecular formula is C22H26BrClN2O3. The summed E-state index contributed by atoms with van der Waals surface area (Å²) in [6.07, 6.45) is 1.89. The lowest BCUT2D eigenvalue weighted by atomic mass is 10.1. The first-order valence-electron chi connectivity index (χ1n) is 9.60. The zero-order valence-electron chi connectivity index (χ0n) is 16.7. The maximum atomic E-state index is 12.9. The van der Waals surface area contributed by atoms with E-state index in [4.69, 9.17) is 16.3 Å². The van der Waals surface area contributed by atoms with Gasteiger partial charge in [0.2, 0.25) is 5.91 Å². The Labute approximate surface area is 185 Å². The quantitative estimate of drug-likeness (QED) is 0.495. The molecule has 29 heavy (non-hydrogen) atoms. The van der Waals surface area contributed by atoms with Crippen LogP contribution in [-0.4, -0.2) is 35.9 Å². The zero-order valence-corrected chi connectivity index (χ0v) is 19.0. The Bertz CT molecular complexity index is 814. The number of benzene rings is 2. The molecule has 0 saturated heterocycles. The van der Waals surface area contributed by atoms with Gasteiger partial charge in [-0.2, -0.15) is 0 Å².